The molecule has 0 saturated carbocycles. The molecule has 0 aliphatic heterocycles. The maximum Gasteiger partial charge on any atom is 0.268 e. The number of benzene rings is 3. The molecule has 0 spiro atoms. The Hall–Kier alpha value is -3.31. The van der Waals surface area contributed by atoms with Crippen molar-refractivity contribution in [1.82, 2.24) is 14.5 Å². The van der Waals surface area contributed by atoms with Gasteiger partial charge in [0, 0.05) is 5.56 Å². The van der Waals surface area contributed by atoms with E-state index in [1.165, 1.54) is 16.9 Å². The second-order valence-electron chi connectivity index (χ2n) is 6.88. The molecule has 0 N–H and O–H groups in total. The van der Waals surface area contributed by atoms with E-state index in [0.717, 1.165) is 21.3 Å². The van der Waals surface area contributed by atoms with Crippen LogP contribution in [-0.2, 0) is 0 Å². The van der Waals surface area contributed by atoms with Crippen LogP contribution in [-0.4, -0.2) is 14.5 Å². The third-order valence-corrected chi connectivity index (χ3v) is 5.81. The summed E-state index contributed by atoms with van der Waals surface area (Å²) in [6, 6.07) is 21.5. The molecule has 0 amide bonds. The number of thiazole rings is 1. The molecule has 0 aliphatic carbocycles. The normalized spacial score (nSPS) is 11.4. The van der Waals surface area contributed by atoms with E-state index in [4.69, 9.17) is 9.97 Å². The van der Waals surface area contributed by atoms with Crippen molar-refractivity contribution >= 4 is 32.5 Å². The molecular formula is C23H17N3OS. The van der Waals surface area contributed by atoms with Crippen LogP contribution in [0.25, 0.3) is 37.6 Å². The van der Waals surface area contributed by atoms with E-state index in [0.29, 0.717) is 21.9 Å². The first-order chi connectivity index (χ1) is 13.6. The number of fused-ring (bicyclic) bond motifs is 2. The van der Waals surface area contributed by atoms with Crippen molar-refractivity contribution < 1.29 is 0 Å². The molecule has 0 saturated heterocycles. The van der Waals surface area contributed by atoms with Gasteiger partial charge in [-0.15, -0.1) is 0 Å². The van der Waals surface area contributed by atoms with E-state index in [-0.39, 0.29) is 5.56 Å². The van der Waals surface area contributed by atoms with E-state index in [9.17, 15) is 4.79 Å². The van der Waals surface area contributed by atoms with Crippen molar-refractivity contribution in [2.75, 3.05) is 0 Å². The number of rotatable bonds is 2. The van der Waals surface area contributed by atoms with Crippen molar-refractivity contribution in [3.05, 3.63) is 88.2 Å². The quantitative estimate of drug-likeness (QED) is 0.417. The van der Waals surface area contributed by atoms with Crippen LogP contribution < -0.4 is 5.56 Å². The third kappa shape index (κ3) is 2.63. The maximum atomic E-state index is 13.4. The van der Waals surface area contributed by atoms with Crippen LogP contribution in [0.4, 0.5) is 0 Å². The Bertz CT molecular complexity index is 1400. The summed E-state index contributed by atoms with van der Waals surface area (Å²) in [7, 11) is 0. The van der Waals surface area contributed by atoms with Gasteiger partial charge in [-0.3, -0.25) is 4.79 Å². The van der Waals surface area contributed by atoms with Gasteiger partial charge in [0.15, 0.2) is 5.13 Å². The molecule has 5 rings (SSSR count). The summed E-state index contributed by atoms with van der Waals surface area (Å²) in [6.45, 7) is 4.13. The Morgan fingerprint density at radius 2 is 1.64 bits per heavy atom. The summed E-state index contributed by atoms with van der Waals surface area (Å²) in [6.07, 6.45) is 0. The van der Waals surface area contributed by atoms with Gasteiger partial charge < -0.3 is 0 Å². The molecule has 28 heavy (non-hydrogen) atoms. The highest BCUT2D eigenvalue weighted by molar-refractivity contribution is 7.20. The molecule has 2 heterocycles. The molecule has 5 aromatic rings. The Labute approximate surface area is 165 Å². The van der Waals surface area contributed by atoms with Gasteiger partial charge in [0.25, 0.3) is 5.56 Å². The standard InChI is InChI=1S/C23H17N3OS/c1-14-12-15(2)20-19(13-14)28-23(25-20)26-21(16-8-4-3-5-9-16)24-18-11-7-6-10-17(18)22(26)27/h3-13H,1-2H3. The second-order valence-corrected chi connectivity index (χ2v) is 7.89. The molecule has 0 bridgehead atoms. The van der Waals surface area contributed by atoms with E-state index in [1.54, 1.807) is 4.57 Å². The lowest BCUT2D eigenvalue weighted by Crippen LogP contribution is -2.21. The Kier molecular flexibility index (Phi) is 3.84. The van der Waals surface area contributed by atoms with Gasteiger partial charge in [-0.05, 0) is 43.2 Å². The van der Waals surface area contributed by atoms with Crippen molar-refractivity contribution in [1.29, 1.82) is 0 Å². The molecule has 4 nitrogen and oxygen atoms in total. The lowest BCUT2D eigenvalue weighted by Gasteiger charge is -2.11. The van der Waals surface area contributed by atoms with Crippen LogP contribution in [0.2, 0.25) is 0 Å². The SMILES string of the molecule is Cc1cc(C)c2nc(-n3c(-c4ccccc4)nc4ccccc4c3=O)sc2c1. The first kappa shape index (κ1) is 16.8. The number of aromatic nitrogens is 3. The zero-order valence-corrected chi connectivity index (χ0v) is 16.3. The second kappa shape index (κ2) is 6.39. The molecule has 136 valence electrons. The topological polar surface area (TPSA) is 47.8 Å². The van der Waals surface area contributed by atoms with Crippen LogP contribution in [0.15, 0.2) is 71.5 Å². The van der Waals surface area contributed by atoms with Gasteiger partial charge >= 0.3 is 0 Å². The van der Waals surface area contributed by atoms with Gasteiger partial charge in [-0.2, -0.15) is 0 Å². The highest BCUT2D eigenvalue weighted by atomic mass is 32.1. The average molecular weight is 383 g/mol. The highest BCUT2D eigenvalue weighted by Crippen LogP contribution is 2.30. The largest absolute Gasteiger partial charge is 0.268 e. The summed E-state index contributed by atoms with van der Waals surface area (Å²) < 4.78 is 2.73. The van der Waals surface area contributed by atoms with E-state index < -0.39 is 0 Å². The number of hydrogen-bond donors (Lipinski definition) is 0. The fourth-order valence-electron chi connectivity index (χ4n) is 3.55. The minimum atomic E-state index is -0.0992. The molecule has 0 unspecified atom stereocenters. The Morgan fingerprint density at radius 3 is 2.46 bits per heavy atom. The van der Waals surface area contributed by atoms with E-state index >= 15 is 0 Å². The van der Waals surface area contributed by atoms with Crippen molar-refractivity contribution in [3.63, 3.8) is 0 Å². The van der Waals surface area contributed by atoms with Gasteiger partial charge in [0.2, 0.25) is 0 Å². The fraction of sp³-hybridized carbons (Fsp3) is 0.0870. The van der Waals surface area contributed by atoms with Crippen molar-refractivity contribution in [2.24, 2.45) is 0 Å². The molecule has 2 aromatic heterocycles. The van der Waals surface area contributed by atoms with Crippen LogP contribution in [0, 0.1) is 13.8 Å². The highest BCUT2D eigenvalue weighted by Gasteiger charge is 2.18. The molecule has 0 atom stereocenters. The van der Waals surface area contributed by atoms with Crippen molar-refractivity contribution in [2.45, 2.75) is 13.8 Å². The van der Waals surface area contributed by atoms with E-state index in [1.807, 2.05) is 54.6 Å². The summed E-state index contributed by atoms with van der Waals surface area (Å²) in [5.41, 5.74) is 4.71. The molecule has 5 heteroatoms. The first-order valence-electron chi connectivity index (χ1n) is 9.07. The average Bonchev–Trinajstić information content (AvgIpc) is 3.12. The van der Waals surface area contributed by atoms with Gasteiger partial charge in [0.05, 0.1) is 21.1 Å². The number of aryl methyl sites for hydroxylation is 2. The number of nitrogens with zero attached hydrogens (tertiary/aromatic N) is 3. The van der Waals surface area contributed by atoms with Crippen LogP contribution in [0.3, 0.4) is 0 Å². The molecule has 3 aromatic carbocycles. The number of para-hydroxylation sites is 1. The lowest BCUT2D eigenvalue weighted by molar-refractivity contribution is 0.964. The zero-order valence-electron chi connectivity index (χ0n) is 15.5. The fourth-order valence-corrected chi connectivity index (χ4v) is 4.69. The third-order valence-electron chi connectivity index (χ3n) is 4.82. The summed E-state index contributed by atoms with van der Waals surface area (Å²) >= 11 is 1.52. The molecule has 0 fully saturated rings. The summed E-state index contributed by atoms with van der Waals surface area (Å²) in [4.78, 5) is 23.1. The van der Waals surface area contributed by atoms with Crippen LogP contribution in [0.1, 0.15) is 11.1 Å². The molecule has 0 radical (unpaired) electrons. The summed E-state index contributed by atoms with van der Waals surface area (Å²) in [5.74, 6) is 0.609. The minimum Gasteiger partial charge on any atom is -0.268 e. The van der Waals surface area contributed by atoms with Gasteiger partial charge in [-0.1, -0.05) is 59.9 Å². The molecular weight excluding hydrogens is 366 g/mol. The Morgan fingerprint density at radius 1 is 0.893 bits per heavy atom. The minimum absolute atomic E-state index is 0.0992. The van der Waals surface area contributed by atoms with Gasteiger partial charge in [-0.25, -0.2) is 14.5 Å². The van der Waals surface area contributed by atoms with Crippen molar-refractivity contribution in [3.8, 4) is 16.5 Å². The predicted octanol–water partition coefficient (Wildman–Crippen LogP) is 5.28. The number of hydrogen-bond acceptors (Lipinski definition) is 4. The predicted molar refractivity (Wildman–Crippen MR) is 115 cm³/mol. The van der Waals surface area contributed by atoms with Gasteiger partial charge in [0.1, 0.15) is 5.82 Å². The Balaban J connectivity index is 1.89. The maximum absolute atomic E-state index is 13.4. The monoisotopic (exact) mass is 383 g/mol. The smallest absolute Gasteiger partial charge is 0.268 e. The van der Waals surface area contributed by atoms with Crippen LogP contribution in [0.5, 0.6) is 0 Å². The zero-order chi connectivity index (χ0) is 19.3. The lowest BCUT2D eigenvalue weighted by atomic mass is 10.1. The van der Waals surface area contributed by atoms with Crippen LogP contribution >= 0.6 is 11.3 Å². The summed E-state index contributed by atoms with van der Waals surface area (Å²) in [5, 5.41) is 1.24. The van der Waals surface area contributed by atoms with E-state index in [2.05, 4.69) is 26.0 Å². The first-order valence-corrected chi connectivity index (χ1v) is 9.89. The molecule has 0 aliphatic rings.